The molecule has 0 saturated heterocycles. The minimum absolute atomic E-state index is 0.450. The molecule has 1 atom stereocenters. The zero-order valence-electron chi connectivity index (χ0n) is 13.2. The van der Waals surface area contributed by atoms with Gasteiger partial charge >= 0.3 is 0 Å². The molecule has 0 fully saturated rings. The van der Waals surface area contributed by atoms with E-state index in [1.807, 2.05) is 11.3 Å². The number of nitrogens with one attached hydrogen (secondary N) is 1. The number of hydrogen-bond donors (Lipinski definition) is 1. The summed E-state index contributed by atoms with van der Waals surface area (Å²) in [5.74, 6) is 0.738. The van der Waals surface area contributed by atoms with Crippen molar-refractivity contribution in [2.75, 3.05) is 13.1 Å². The molecule has 1 aromatic heterocycles. The van der Waals surface area contributed by atoms with Crippen molar-refractivity contribution in [1.82, 2.24) is 5.32 Å². The molecule has 110 valence electrons. The Bertz CT molecular complexity index is 318. The zero-order valence-corrected chi connectivity index (χ0v) is 14.0. The minimum Gasteiger partial charge on any atom is -0.316 e. The van der Waals surface area contributed by atoms with E-state index in [1.165, 1.54) is 37.7 Å². The van der Waals surface area contributed by atoms with E-state index < -0.39 is 0 Å². The third-order valence-corrected chi connectivity index (χ3v) is 4.75. The van der Waals surface area contributed by atoms with Crippen LogP contribution >= 0.6 is 11.3 Å². The first-order valence-corrected chi connectivity index (χ1v) is 8.78. The van der Waals surface area contributed by atoms with E-state index in [0.717, 1.165) is 19.0 Å². The molecule has 0 radical (unpaired) electrons. The first-order valence-electron chi connectivity index (χ1n) is 7.83. The van der Waals surface area contributed by atoms with Gasteiger partial charge in [0.25, 0.3) is 0 Å². The van der Waals surface area contributed by atoms with Crippen molar-refractivity contribution >= 4 is 11.3 Å². The van der Waals surface area contributed by atoms with Crippen LogP contribution in [0.3, 0.4) is 0 Å². The van der Waals surface area contributed by atoms with E-state index in [4.69, 9.17) is 0 Å². The largest absolute Gasteiger partial charge is 0.316 e. The molecule has 19 heavy (non-hydrogen) atoms. The molecule has 0 aromatic carbocycles. The van der Waals surface area contributed by atoms with E-state index in [0.29, 0.717) is 5.41 Å². The number of rotatable bonds is 10. The van der Waals surface area contributed by atoms with Crippen LogP contribution in [0.2, 0.25) is 0 Å². The quantitative estimate of drug-likeness (QED) is 0.627. The van der Waals surface area contributed by atoms with Crippen LogP contribution in [0.15, 0.2) is 16.8 Å². The Morgan fingerprint density at radius 1 is 1.32 bits per heavy atom. The fourth-order valence-electron chi connectivity index (χ4n) is 2.67. The summed E-state index contributed by atoms with van der Waals surface area (Å²) in [4.78, 5) is 0. The van der Waals surface area contributed by atoms with Crippen LogP contribution in [0.4, 0.5) is 0 Å². The first kappa shape index (κ1) is 16.7. The second-order valence-electron chi connectivity index (χ2n) is 6.29. The van der Waals surface area contributed by atoms with Gasteiger partial charge in [0.2, 0.25) is 0 Å². The van der Waals surface area contributed by atoms with Gasteiger partial charge in [-0.15, -0.1) is 0 Å². The van der Waals surface area contributed by atoms with E-state index in [2.05, 4.69) is 49.8 Å². The van der Waals surface area contributed by atoms with Crippen LogP contribution < -0.4 is 5.32 Å². The smallest absolute Gasteiger partial charge is 0.00110 e. The Labute approximate surface area is 123 Å². The van der Waals surface area contributed by atoms with Gasteiger partial charge in [0.15, 0.2) is 0 Å². The molecule has 0 aliphatic carbocycles. The lowest BCUT2D eigenvalue weighted by Crippen LogP contribution is -2.37. The second-order valence-corrected chi connectivity index (χ2v) is 7.07. The van der Waals surface area contributed by atoms with Crippen LogP contribution in [0.1, 0.15) is 58.9 Å². The van der Waals surface area contributed by atoms with E-state index >= 15 is 0 Å². The average Bonchev–Trinajstić information content (AvgIpc) is 2.88. The number of thiophene rings is 1. The van der Waals surface area contributed by atoms with E-state index in [9.17, 15) is 0 Å². The van der Waals surface area contributed by atoms with Crippen LogP contribution in [-0.2, 0) is 6.42 Å². The van der Waals surface area contributed by atoms with Gasteiger partial charge in [-0.3, -0.25) is 0 Å². The summed E-state index contributed by atoms with van der Waals surface area (Å²) in [7, 11) is 0. The van der Waals surface area contributed by atoms with E-state index in [1.54, 1.807) is 0 Å². The topological polar surface area (TPSA) is 12.0 Å². The molecule has 0 aliphatic rings. The van der Waals surface area contributed by atoms with Crippen molar-refractivity contribution in [3.05, 3.63) is 22.4 Å². The Kier molecular flexibility index (Phi) is 7.70. The SMILES string of the molecule is CCCCC(CC)(CNCC(C)C)Cc1ccsc1. The molecule has 0 aliphatic heterocycles. The Balaban J connectivity index is 2.63. The molecular weight excluding hydrogens is 250 g/mol. The maximum atomic E-state index is 3.70. The molecule has 1 heterocycles. The minimum atomic E-state index is 0.450. The van der Waals surface area contributed by atoms with Crippen LogP contribution in [0, 0.1) is 11.3 Å². The van der Waals surface area contributed by atoms with Gasteiger partial charge in [-0.05, 0) is 59.5 Å². The average molecular weight is 282 g/mol. The monoisotopic (exact) mass is 281 g/mol. The van der Waals surface area contributed by atoms with Gasteiger partial charge in [-0.1, -0.05) is 40.5 Å². The maximum absolute atomic E-state index is 3.70. The summed E-state index contributed by atoms with van der Waals surface area (Å²) in [5, 5.41) is 8.23. The first-order chi connectivity index (χ1) is 9.12. The zero-order chi connectivity index (χ0) is 14.1. The molecule has 0 spiro atoms. The van der Waals surface area contributed by atoms with Gasteiger partial charge in [-0.2, -0.15) is 11.3 Å². The fourth-order valence-corrected chi connectivity index (χ4v) is 3.34. The van der Waals surface area contributed by atoms with Crippen LogP contribution in [0.25, 0.3) is 0 Å². The van der Waals surface area contributed by atoms with Gasteiger partial charge < -0.3 is 5.32 Å². The third kappa shape index (κ3) is 6.09. The summed E-state index contributed by atoms with van der Waals surface area (Å²) in [5.41, 5.74) is 1.97. The predicted octanol–water partition coefficient (Wildman–Crippen LogP) is 5.12. The lowest BCUT2D eigenvalue weighted by molar-refractivity contribution is 0.226. The van der Waals surface area contributed by atoms with Crippen molar-refractivity contribution in [2.24, 2.45) is 11.3 Å². The standard InChI is InChI=1S/C17H31NS/c1-5-7-9-17(6-2,14-18-12-15(3)4)11-16-8-10-19-13-16/h8,10,13,15,18H,5-7,9,11-12,14H2,1-4H3. The Morgan fingerprint density at radius 3 is 2.63 bits per heavy atom. The molecular formula is C17H31NS. The summed E-state index contributed by atoms with van der Waals surface area (Å²) in [6.07, 6.45) is 6.50. The molecule has 0 bridgehead atoms. The van der Waals surface area contributed by atoms with Crippen molar-refractivity contribution in [3.8, 4) is 0 Å². The molecule has 2 heteroatoms. The Hall–Kier alpha value is -0.340. The highest BCUT2D eigenvalue weighted by atomic mass is 32.1. The number of unbranched alkanes of at least 4 members (excludes halogenated alkanes) is 1. The highest BCUT2D eigenvalue weighted by Crippen LogP contribution is 2.33. The summed E-state index contributed by atoms with van der Waals surface area (Å²) in [6.45, 7) is 11.5. The molecule has 0 amide bonds. The molecule has 1 aromatic rings. The summed E-state index contributed by atoms with van der Waals surface area (Å²) in [6, 6.07) is 2.30. The van der Waals surface area contributed by atoms with Crippen molar-refractivity contribution in [2.45, 2.75) is 59.8 Å². The summed E-state index contributed by atoms with van der Waals surface area (Å²) < 4.78 is 0. The summed E-state index contributed by atoms with van der Waals surface area (Å²) >= 11 is 1.82. The van der Waals surface area contributed by atoms with Crippen molar-refractivity contribution in [3.63, 3.8) is 0 Å². The highest BCUT2D eigenvalue weighted by molar-refractivity contribution is 7.07. The van der Waals surface area contributed by atoms with E-state index in [-0.39, 0.29) is 0 Å². The second kappa shape index (κ2) is 8.76. The van der Waals surface area contributed by atoms with Crippen molar-refractivity contribution < 1.29 is 0 Å². The molecule has 0 saturated carbocycles. The molecule has 1 rings (SSSR count). The maximum Gasteiger partial charge on any atom is 0.00110 e. The third-order valence-electron chi connectivity index (χ3n) is 4.02. The lowest BCUT2D eigenvalue weighted by Gasteiger charge is -2.33. The molecule has 1 N–H and O–H groups in total. The molecule has 1 unspecified atom stereocenters. The van der Waals surface area contributed by atoms with Crippen LogP contribution in [-0.4, -0.2) is 13.1 Å². The van der Waals surface area contributed by atoms with Crippen LogP contribution in [0.5, 0.6) is 0 Å². The van der Waals surface area contributed by atoms with Gasteiger partial charge in [0, 0.05) is 6.54 Å². The fraction of sp³-hybridized carbons (Fsp3) is 0.765. The molecule has 1 nitrogen and oxygen atoms in total. The lowest BCUT2D eigenvalue weighted by atomic mass is 9.75. The van der Waals surface area contributed by atoms with Gasteiger partial charge in [0.1, 0.15) is 0 Å². The van der Waals surface area contributed by atoms with Gasteiger partial charge in [-0.25, -0.2) is 0 Å². The number of hydrogen-bond acceptors (Lipinski definition) is 2. The van der Waals surface area contributed by atoms with Gasteiger partial charge in [0.05, 0.1) is 0 Å². The predicted molar refractivity (Wildman–Crippen MR) is 88.0 cm³/mol. The highest BCUT2D eigenvalue weighted by Gasteiger charge is 2.27. The van der Waals surface area contributed by atoms with Crippen molar-refractivity contribution in [1.29, 1.82) is 0 Å². The Morgan fingerprint density at radius 2 is 2.11 bits per heavy atom. The normalized spacial score (nSPS) is 14.8.